The Kier molecular flexibility index (Phi) is 6.94. The average molecular weight is 392 g/mol. The number of nitrogens with one attached hydrogen (secondary N) is 1. The van der Waals surface area contributed by atoms with Gasteiger partial charge in [-0.25, -0.2) is 0 Å². The largest absolute Gasteiger partial charge is 0.467 e. The molecule has 1 saturated heterocycles. The standard InChI is InChI=1S/C20H26ClN3OS/c1-16-7-8-17(14-19(16)21)22-20(26)24(15-18-6-4-13-25-18)12-5-11-23-9-2-3-10-23/h4,6-8,13-14H,2-3,5,9-12,15H2,1H3,(H,22,26). The molecule has 0 spiro atoms. The van der Waals surface area contributed by atoms with Crippen molar-refractivity contribution in [3.8, 4) is 0 Å². The molecule has 0 atom stereocenters. The second-order valence-electron chi connectivity index (χ2n) is 6.80. The van der Waals surface area contributed by atoms with Crippen molar-refractivity contribution in [2.45, 2.75) is 32.7 Å². The zero-order valence-corrected chi connectivity index (χ0v) is 16.8. The molecule has 6 heteroatoms. The van der Waals surface area contributed by atoms with Crippen molar-refractivity contribution in [1.82, 2.24) is 9.80 Å². The smallest absolute Gasteiger partial charge is 0.173 e. The van der Waals surface area contributed by atoms with Crippen LogP contribution in [0.25, 0.3) is 0 Å². The molecule has 1 aromatic carbocycles. The molecular formula is C20H26ClN3OS. The van der Waals surface area contributed by atoms with Gasteiger partial charge >= 0.3 is 0 Å². The Morgan fingerprint density at radius 3 is 2.81 bits per heavy atom. The minimum Gasteiger partial charge on any atom is -0.467 e. The van der Waals surface area contributed by atoms with Crippen molar-refractivity contribution in [2.24, 2.45) is 0 Å². The van der Waals surface area contributed by atoms with E-state index in [-0.39, 0.29) is 0 Å². The normalized spacial score (nSPS) is 14.5. The molecule has 0 bridgehead atoms. The maximum absolute atomic E-state index is 6.23. The van der Waals surface area contributed by atoms with E-state index < -0.39 is 0 Å². The summed E-state index contributed by atoms with van der Waals surface area (Å²) in [6.45, 7) is 7.12. The minimum absolute atomic E-state index is 0.665. The second kappa shape index (κ2) is 9.40. The molecule has 2 aromatic rings. The second-order valence-corrected chi connectivity index (χ2v) is 7.59. The van der Waals surface area contributed by atoms with Gasteiger partial charge < -0.3 is 19.5 Å². The molecule has 0 aliphatic carbocycles. The molecule has 0 radical (unpaired) electrons. The number of benzene rings is 1. The summed E-state index contributed by atoms with van der Waals surface area (Å²) in [6.07, 6.45) is 5.43. The highest BCUT2D eigenvalue weighted by Crippen LogP contribution is 2.20. The first-order valence-electron chi connectivity index (χ1n) is 9.18. The summed E-state index contributed by atoms with van der Waals surface area (Å²) >= 11 is 11.9. The van der Waals surface area contributed by atoms with Gasteiger partial charge in [0.15, 0.2) is 5.11 Å². The number of rotatable bonds is 7. The molecule has 2 heterocycles. The van der Waals surface area contributed by atoms with E-state index >= 15 is 0 Å². The molecule has 1 aliphatic heterocycles. The van der Waals surface area contributed by atoms with Crippen LogP contribution in [0.15, 0.2) is 41.0 Å². The third-order valence-electron chi connectivity index (χ3n) is 4.74. The first kappa shape index (κ1) is 19.2. The molecule has 1 fully saturated rings. The molecule has 26 heavy (non-hydrogen) atoms. The van der Waals surface area contributed by atoms with Crippen LogP contribution in [0.1, 0.15) is 30.6 Å². The molecule has 3 rings (SSSR count). The van der Waals surface area contributed by atoms with E-state index in [0.717, 1.165) is 41.5 Å². The van der Waals surface area contributed by atoms with Gasteiger partial charge in [0.05, 0.1) is 12.8 Å². The number of nitrogens with zero attached hydrogens (tertiary/aromatic N) is 2. The summed E-state index contributed by atoms with van der Waals surface area (Å²) in [5, 5.41) is 4.76. The number of hydrogen-bond donors (Lipinski definition) is 1. The lowest BCUT2D eigenvalue weighted by atomic mass is 10.2. The number of hydrogen-bond acceptors (Lipinski definition) is 3. The lowest BCUT2D eigenvalue weighted by molar-refractivity contribution is 0.298. The highest BCUT2D eigenvalue weighted by atomic mass is 35.5. The molecule has 1 aliphatic rings. The quantitative estimate of drug-likeness (QED) is 0.676. The van der Waals surface area contributed by atoms with E-state index in [9.17, 15) is 0 Å². The Hall–Kier alpha value is -1.56. The lowest BCUT2D eigenvalue weighted by Gasteiger charge is -2.26. The van der Waals surface area contributed by atoms with Crippen LogP contribution in [0.4, 0.5) is 5.69 Å². The zero-order valence-electron chi connectivity index (χ0n) is 15.2. The summed E-state index contributed by atoms with van der Waals surface area (Å²) in [4.78, 5) is 4.69. The first-order valence-corrected chi connectivity index (χ1v) is 9.97. The van der Waals surface area contributed by atoms with Crippen molar-refractivity contribution in [3.05, 3.63) is 52.9 Å². The van der Waals surface area contributed by atoms with Crippen LogP contribution in [0.3, 0.4) is 0 Å². The first-order chi connectivity index (χ1) is 12.6. The number of likely N-dealkylation sites (tertiary alicyclic amines) is 1. The van der Waals surface area contributed by atoms with Gasteiger partial charge in [0, 0.05) is 17.3 Å². The molecule has 0 amide bonds. The van der Waals surface area contributed by atoms with Gasteiger partial charge in [0.25, 0.3) is 0 Å². The van der Waals surface area contributed by atoms with Gasteiger partial charge in [-0.15, -0.1) is 0 Å². The molecule has 0 unspecified atom stereocenters. The zero-order chi connectivity index (χ0) is 18.4. The minimum atomic E-state index is 0.665. The molecule has 1 aromatic heterocycles. The summed E-state index contributed by atoms with van der Waals surface area (Å²) in [6, 6.07) is 9.81. The molecule has 4 nitrogen and oxygen atoms in total. The molecule has 0 saturated carbocycles. The summed E-state index contributed by atoms with van der Waals surface area (Å²) < 4.78 is 5.52. The van der Waals surface area contributed by atoms with Gasteiger partial charge in [-0.1, -0.05) is 17.7 Å². The van der Waals surface area contributed by atoms with E-state index in [4.69, 9.17) is 28.2 Å². The van der Waals surface area contributed by atoms with Gasteiger partial charge in [-0.05, 0) is 87.9 Å². The third kappa shape index (κ3) is 5.47. The molecular weight excluding hydrogens is 366 g/mol. The fourth-order valence-electron chi connectivity index (χ4n) is 3.21. The summed E-state index contributed by atoms with van der Waals surface area (Å²) in [5.74, 6) is 0.914. The lowest BCUT2D eigenvalue weighted by Crippen LogP contribution is -2.36. The van der Waals surface area contributed by atoms with Gasteiger partial charge in [0.2, 0.25) is 0 Å². The van der Waals surface area contributed by atoms with E-state index in [1.54, 1.807) is 6.26 Å². The van der Waals surface area contributed by atoms with Crippen molar-refractivity contribution in [3.63, 3.8) is 0 Å². The Bertz CT molecular complexity index is 714. The Balaban J connectivity index is 1.60. The van der Waals surface area contributed by atoms with Gasteiger partial charge in [0.1, 0.15) is 5.76 Å². The number of halogens is 1. The highest BCUT2D eigenvalue weighted by Gasteiger charge is 2.15. The number of furan rings is 1. The monoisotopic (exact) mass is 391 g/mol. The Morgan fingerprint density at radius 2 is 2.12 bits per heavy atom. The van der Waals surface area contributed by atoms with Crippen LogP contribution in [-0.4, -0.2) is 41.1 Å². The van der Waals surface area contributed by atoms with E-state index in [0.29, 0.717) is 11.7 Å². The topological polar surface area (TPSA) is 31.6 Å². The predicted molar refractivity (Wildman–Crippen MR) is 112 cm³/mol. The van der Waals surface area contributed by atoms with Crippen LogP contribution in [-0.2, 0) is 6.54 Å². The molecule has 140 valence electrons. The number of anilines is 1. The summed E-state index contributed by atoms with van der Waals surface area (Å²) in [5.41, 5.74) is 1.97. The van der Waals surface area contributed by atoms with Crippen molar-refractivity contribution >= 4 is 34.6 Å². The summed E-state index contributed by atoms with van der Waals surface area (Å²) in [7, 11) is 0. The predicted octanol–water partition coefficient (Wildman–Crippen LogP) is 4.93. The van der Waals surface area contributed by atoms with Crippen molar-refractivity contribution in [2.75, 3.05) is 31.5 Å². The Morgan fingerprint density at radius 1 is 1.31 bits per heavy atom. The fourth-order valence-corrected chi connectivity index (χ4v) is 3.66. The Labute approximate surface area is 166 Å². The van der Waals surface area contributed by atoms with E-state index in [1.807, 2.05) is 37.3 Å². The SMILES string of the molecule is Cc1ccc(NC(=S)N(CCCN2CCCC2)Cc2ccco2)cc1Cl. The average Bonchev–Trinajstić information content (AvgIpc) is 3.31. The number of thiocarbonyl (C=S) groups is 1. The van der Waals surface area contributed by atoms with Crippen molar-refractivity contribution < 1.29 is 4.42 Å². The van der Waals surface area contributed by atoms with Crippen LogP contribution in [0.2, 0.25) is 5.02 Å². The van der Waals surface area contributed by atoms with E-state index in [1.165, 1.54) is 25.9 Å². The maximum Gasteiger partial charge on any atom is 0.173 e. The fraction of sp³-hybridized carbons (Fsp3) is 0.450. The molecule has 1 N–H and O–H groups in total. The van der Waals surface area contributed by atoms with E-state index in [2.05, 4.69) is 15.1 Å². The van der Waals surface area contributed by atoms with Crippen molar-refractivity contribution in [1.29, 1.82) is 0 Å². The van der Waals surface area contributed by atoms with Crippen LogP contribution in [0, 0.1) is 6.92 Å². The van der Waals surface area contributed by atoms with Gasteiger partial charge in [-0.3, -0.25) is 0 Å². The third-order valence-corrected chi connectivity index (χ3v) is 5.51. The highest BCUT2D eigenvalue weighted by molar-refractivity contribution is 7.80. The van der Waals surface area contributed by atoms with Gasteiger partial charge in [-0.2, -0.15) is 0 Å². The van der Waals surface area contributed by atoms with Crippen LogP contribution in [0.5, 0.6) is 0 Å². The van der Waals surface area contributed by atoms with Crippen LogP contribution < -0.4 is 5.32 Å². The maximum atomic E-state index is 6.23. The van der Waals surface area contributed by atoms with Crippen LogP contribution >= 0.6 is 23.8 Å². The number of aryl methyl sites for hydroxylation is 1.